The summed E-state index contributed by atoms with van der Waals surface area (Å²) < 4.78 is 0. The van der Waals surface area contributed by atoms with Crippen LogP contribution in [0.25, 0.3) is 0 Å². The molecule has 1 unspecified atom stereocenters. The van der Waals surface area contributed by atoms with Crippen molar-refractivity contribution in [2.24, 2.45) is 0 Å². The van der Waals surface area contributed by atoms with Crippen LogP contribution in [0.2, 0.25) is 0 Å². The van der Waals surface area contributed by atoms with Crippen molar-refractivity contribution < 1.29 is 10.2 Å². The summed E-state index contributed by atoms with van der Waals surface area (Å²) in [6.45, 7) is 8.74. The maximum Gasteiger partial charge on any atom is 0.183 e. The Kier molecular flexibility index (Phi) is 7.25. The van der Waals surface area contributed by atoms with Gasteiger partial charge in [0.25, 0.3) is 0 Å². The van der Waals surface area contributed by atoms with Crippen LogP contribution in [-0.4, -0.2) is 59.1 Å². The predicted octanol–water partition coefficient (Wildman–Crippen LogP) is 1.02. The lowest BCUT2D eigenvalue weighted by Gasteiger charge is -2.36. The second kappa shape index (κ2) is 8.74. The van der Waals surface area contributed by atoms with Gasteiger partial charge in [-0.3, -0.25) is 4.90 Å². The highest BCUT2D eigenvalue weighted by Gasteiger charge is 2.20. The molecule has 0 bridgehead atoms. The Balaban J connectivity index is 2.30. The number of aliphatic hydroxyl groups excluding tert-OH is 2. The van der Waals surface area contributed by atoms with Gasteiger partial charge in [0, 0.05) is 26.2 Å². The van der Waals surface area contributed by atoms with E-state index in [9.17, 15) is 10.2 Å². The fourth-order valence-corrected chi connectivity index (χ4v) is 1.94. The summed E-state index contributed by atoms with van der Waals surface area (Å²) in [5.41, 5.74) is 0. The van der Waals surface area contributed by atoms with Crippen molar-refractivity contribution in [3.8, 4) is 0 Å². The van der Waals surface area contributed by atoms with Gasteiger partial charge in [-0.1, -0.05) is 13.0 Å². The average molecular weight is 267 g/mol. The van der Waals surface area contributed by atoms with Gasteiger partial charge in [-0.05, 0) is 37.9 Å². The molecule has 0 radical (unpaired) electrons. The molecule has 1 aliphatic rings. The minimum Gasteiger partial charge on any atom is -0.508 e. The molecule has 1 atom stereocenters. The fraction of sp³-hybridized carbons (Fsp3) is 0.571. The van der Waals surface area contributed by atoms with Crippen LogP contribution in [0.15, 0.2) is 36.3 Å². The van der Waals surface area contributed by atoms with Crippen molar-refractivity contribution >= 4 is 0 Å². The average Bonchev–Trinajstić information content (AvgIpc) is 2.44. The van der Waals surface area contributed by atoms with Gasteiger partial charge in [0.2, 0.25) is 0 Å². The molecule has 5 nitrogen and oxygen atoms in total. The van der Waals surface area contributed by atoms with Crippen LogP contribution in [-0.2, 0) is 0 Å². The first kappa shape index (κ1) is 15.8. The van der Waals surface area contributed by atoms with Gasteiger partial charge in [-0.25, -0.2) is 0 Å². The van der Waals surface area contributed by atoms with Gasteiger partial charge in [0.1, 0.15) is 5.76 Å². The van der Waals surface area contributed by atoms with E-state index >= 15 is 0 Å². The molecule has 3 N–H and O–H groups in total. The summed E-state index contributed by atoms with van der Waals surface area (Å²) in [4.78, 5) is 4.35. The second-order valence-corrected chi connectivity index (χ2v) is 4.46. The van der Waals surface area contributed by atoms with Crippen LogP contribution >= 0.6 is 0 Å². The molecule has 0 saturated carbocycles. The summed E-state index contributed by atoms with van der Waals surface area (Å²) in [6, 6.07) is 0. The minimum atomic E-state index is -0.674. The van der Waals surface area contributed by atoms with E-state index in [4.69, 9.17) is 0 Å². The predicted molar refractivity (Wildman–Crippen MR) is 77.5 cm³/mol. The van der Waals surface area contributed by atoms with E-state index in [0.717, 1.165) is 32.7 Å². The van der Waals surface area contributed by atoms with Gasteiger partial charge in [-0.15, -0.1) is 0 Å². The third kappa shape index (κ3) is 5.92. The fourth-order valence-electron chi connectivity index (χ4n) is 1.94. The van der Waals surface area contributed by atoms with Crippen molar-refractivity contribution in [3.05, 3.63) is 36.3 Å². The smallest absolute Gasteiger partial charge is 0.183 e. The first-order valence-corrected chi connectivity index (χ1v) is 6.76. The highest BCUT2D eigenvalue weighted by molar-refractivity contribution is 5.16. The van der Waals surface area contributed by atoms with Crippen molar-refractivity contribution in [1.29, 1.82) is 0 Å². The Morgan fingerprint density at radius 1 is 1.32 bits per heavy atom. The molecule has 0 aromatic heterocycles. The molecule has 1 rings (SSSR count). The highest BCUT2D eigenvalue weighted by atomic mass is 16.3. The molecule has 0 aromatic rings. The van der Waals surface area contributed by atoms with Crippen LogP contribution in [0, 0.1) is 0 Å². The minimum absolute atomic E-state index is 0.187. The number of aliphatic hydroxyl groups is 2. The number of rotatable bonds is 6. The molecule has 1 aliphatic heterocycles. The Morgan fingerprint density at radius 3 is 2.58 bits per heavy atom. The molecule has 5 heteroatoms. The molecule has 0 aromatic carbocycles. The standard InChI is InChI=1S/C14H25N3O2/c1-3-6-13(18)7-5-8-15-14(19)17-11-9-16(4-2)10-12-17/h3,5-8,14-15,18-19H,4,9-12H2,1-2H3/b6-3-,8-5+,13-7+. The Morgan fingerprint density at radius 2 is 2.00 bits per heavy atom. The first-order chi connectivity index (χ1) is 9.17. The Hall–Kier alpha value is -1.30. The van der Waals surface area contributed by atoms with E-state index in [1.807, 2.05) is 11.8 Å². The van der Waals surface area contributed by atoms with E-state index in [1.165, 1.54) is 0 Å². The largest absolute Gasteiger partial charge is 0.508 e. The van der Waals surface area contributed by atoms with Crippen molar-refractivity contribution in [2.45, 2.75) is 20.2 Å². The molecule has 108 valence electrons. The summed E-state index contributed by atoms with van der Waals surface area (Å²) in [7, 11) is 0. The maximum absolute atomic E-state index is 9.95. The summed E-state index contributed by atoms with van der Waals surface area (Å²) in [6.07, 6.45) is 7.55. The lowest BCUT2D eigenvalue weighted by molar-refractivity contribution is -0.0371. The quantitative estimate of drug-likeness (QED) is 0.381. The van der Waals surface area contributed by atoms with Crippen LogP contribution in [0.3, 0.4) is 0 Å². The van der Waals surface area contributed by atoms with Gasteiger partial charge in [0.05, 0.1) is 0 Å². The highest BCUT2D eigenvalue weighted by Crippen LogP contribution is 2.03. The van der Waals surface area contributed by atoms with Crippen molar-refractivity contribution in [1.82, 2.24) is 15.1 Å². The van der Waals surface area contributed by atoms with Crippen molar-refractivity contribution in [3.63, 3.8) is 0 Å². The lowest BCUT2D eigenvalue weighted by atomic mass is 10.3. The number of piperazine rings is 1. The second-order valence-electron chi connectivity index (χ2n) is 4.46. The number of nitrogens with one attached hydrogen (secondary N) is 1. The monoisotopic (exact) mass is 267 g/mol. The van der Waals surface area contributed by atoms with Gasteiger partial charge in [-0.2, -0.15) is 0 Å². The van der Waals surface area contributed by atoms with E-state index in [-0.39, 0.29) is 5.76 Å². The van der Waals surface area contributed by atoms with Crippen LogP contribution in [0.4, 0.5) is 0 Å². The topological polar surface area (TPSA) is 59.0 Å². The van der Waals surface area contributed by atoms with Gasteiger partial charge < -0.3 is 20.4 Å². The molecule has 1 saturated heterocycles. The SMILES string of the molecule is C\C=C/C(O)=C\C=C\NC(O)N1CCN(CC)CC1. The zero-order chi connectivity index (χ0) is 14.1. The van der Waals surface area contributed by atoms with Crippen LogP contribution < -0.4 is 5.32 Å². The number of hydrogen-bond donors (Lipinski definition) is 3. The van der Waals surface area contributed by atoms with Crippen LogP contribution in [0.5, 0.6) is 0 Å². The van der Waals surface area contributed by atoms with Crippen LogP contribution in [0.1, 0.15) is 13.8 Å². The first-order valence-electron chi connectivity index (χ1n) is 6.76. The molecular formula is C14H25N3O2. The number of likely N-dealkylation sites (N-methyl/N-ethyl adjacent to an activating group) is 1. The Bertz CT molecular complexity index is 332. The Labute approximate surface area is 115 Å². The zero-order valence-corrected chi connectivity index (χ0v) is 11.8. The third-order valence-electron chi connectivity index (χ3n) is 3.15. The van der Waals surface area contributed by atoms with E-state index in [0.29, 0.717) is 0 Å². The third-order valence-corrected chi connectivity index (χ3v) is 3.15. The molecule has 19 heavy (non-hydrogen) atoms. The zero-order valence-electron chi connectivity index (χ0n) is 11.8. The summed E-state index contributed by atoms with van der Waals surface area (Å²) >= 11 is 0. The summed E-state index contributed by atoms with van der Waals surface area (Å²) in [5, 5.41) is 22.2. The molecule has 0 amide bonds. The van der Waals surface area contributed by atoms with Gasteiger partial charge >= 0.3 is 0 Å². The maximum atomic E-state index is 9.95. The van der Waals surface area contributed by atoms with E-state index < -0.39 is 6.35 Å². The van der Waals surface area contributed by atoms with Gasteiger partial charge in [0.15, 0.2) is 6.35 Å². The molecule has 1 fully saturated rings. The molecule has 0 aliphatic carbocycles. The molecule has 0 spiro atoms. The number of nitrogens with zero attached hydrogens (tertiary/aromatic N) is 2. The van der Waals surface area contributed by atoms with E-state index in [2.05, 4.69) is 17.1 Å². The van der Waals surface area contributed by atoms with E-state index in [1.54, 1.807) is 30.5 Å². The summed E-state index contributed by atoms with van der Waals surface area (Å²) in [5.74, 6) is 0.187. The molecule has 1 heterocycles. The number of allylic oxidation sites excluding steroid dienone is 4. The normalized spacial score (nSPS) is 21.3. The van der Waals surface area contributed by atoms with Crippen molar-refractivity contribution in [2.75, 3.05) is 32.7 Å². The molecular weight excluding hydrogens is 242 g/mol. The lowest BCUT2D eigenvalue weighted by Crippen LogP contribution is -2.53. The number of hydrogen-bond acceptors (Lipinski definition) is 5.